The normalized spacial score (nSPS) is 21.1. The number of amides is 1. The number of ether oxygens (including phenoxy) is 1. The van der Waals surface area contributed by atoms with Gasteiger partial charge in [0.2, 0.25) is 5.91 Å². The molecule has 0 bridgehead atoms. The molecule has 1 aliphatic heterocycles. The summed E-state index contributed by atoms with van der Waals surface area (Å²) in [5.41, 5.74) is 1.79. The predicted octanol–water partition coefficient (Wildman–Crippen LogP) is 3.23. The van der Waals surface area contributed by atoms with Crippen LogP contribution in [-0.4, -0.2) is 28.2 Å². The van der Waals surface area contributed by atoms with Gasteiger partial charge in [0.05, 0.1) is 18.3 Å². The van der Waals surface area contributed by atoms with Gasteiger partial charge in [-0.15, -0.1) is 0 Å². The number of hydrogen-bond donors (Lipinski definition) is 1. The fourth-order valence-electron chi connectivity index (χ4n) is 3.14. The van der Waals surface area contributed by atoms with Crippen molar-refractivity contribution in [3.63, 3.8) is 0 Å². The molecule has 0 spiro atoms. The average molecular weight is 313 g/mol. The van der Waals surface area contributed by atoms with Crippen molar-refractivity contribution in [2.24, 2.45) is 13.0 Å². The number of benzene rings is 1. The smallest absolute Gasteiger partial charge is 0.231 e. The van der Waals surface area contributed by atoms with Crippen molar-refractivity contribution >= 4 is 11.7 Å². The van der Waals surface area contributed by atoms with Gasteiger partial charge in [0.25, 0.3) is 0 Å². The fraction of sp³-hybridized carbons (Fsp3) is 0.444. The number of nitrogens with zero attached hydrogens (tertiary/aromatic N) is 2. The predicted molar refractivity (Wildman–Crippen MR) is 90.0 cm³/mol. The minimum atomic E-state index is -0.0905. The highest BCUT2D eigenvalue weighted by Gasteiger charge is 2.31. The first-order chi connectivity index (χ1) is 11.2. The summed E-state index contributed by atoms with van der Waals surface area (Å²) in [7, 11) is 1.89. The van der Waals surface area contributed by atoms with Crippen molar-refractivity contribution in [3.05, 3.63) is 36.7 Å². The summed E-state index contributed by atoms with van der Waals surface area (Å²) in [5, 5.41) is 3.07. The molecule has 1 amide bonds. The van der Waals surface area contributed by atoms with Crippen LogP contribution in [0.1, 0.15) is 26.2 Å². The topological polar surface area (TPSA) is 56.1 Å². The Labute approximate surface area is 136 Å². The van der Waals surface area contributed by atoms with Crippen LogP contribution in [0.4, 0.5) is 5.82 Å². The van der Waals surface area contributed by atoms with E-state index >= 15 is 0 Å². The number of nitrogens with one attached hydrogen (secondary N) is 1. The van der Waals surface area contributed by atoms with Gasteiger partial charge in [-0.3, -0.25) is 4.79 Å². The van der Waals surface area contributed by atoms with E-state index in [9.17, 15) is 4.79 Å². The molecule has 1 fully saturated rings. The molecular weight excluding hydrogens is 290 g/mol. The zero-order chi connectivity index (χ0) is 16.2. The largest absolute Gasteiger partial charge is 0.377 e. The molecule has 5 nitrogen and oxygen atoms in total. The van der Waals surface area contributed by atoms with Gasteiger partial charge < -0.3 is 14.6 Å². The average Bonchev–Trinajstić information content (AvgIpc) is 2.96. The van der Waals surface area contributed by atoms with Crippen molar-refractivity contribution in [1.82, 2.24) is 9.55 Å². The van der Waals surface area contributed by atoms with E-state index in [4.69, 9.17) is 4.74 Å². The summed E-state index contributed by atoms with van der Waals surface area (Å²) < 4.78 is 7.59. The van der Waals surface area contributed by atoms with E-state index in [2.05, 4.69) is 17.2 Å². The monoisotopic (exact) mass is 313 g/mol. The number of carbonyl (C=O) groups excluding carboxylic acids is 1. The highest BCUT2D eigenvalue weighted by atomic mass is 16.5. The SMILES string of the molecule is CC[C@H]1OCCC[C@H]1C(=O)Nc1c(-c2ccccc2)ncn1C. The molecule has 5 heteroatoms. The minimum Gasteiger partial charge on any atom is -0.377 e. The first-order valence-corrected chi connectivity index (χ1v) is 8.20. The molecule has 3 rings (SSSR count). The quantitative estimate of drug-likeness (QED) is 0.943. The second-order valence-corrected chi connectivity index (χ2v) is 5.97. The summed E-state index contributed by atoms with van der Waals surface area (Å²) >= 11 is 0. The molecule has 0 saturated carbocycles. The van der Waals surface area contributed by atoms with Gasteiger partial charge in [0.1, 0.15) is 11.5 Å². The molecule has 23 heavy (non-hydrogen) atoms. The molecular formula is C18H23N3O2. The second kappa shape index (κ2) is 6.96. The van der Waals surface area contributed by atoms with Gasteiger partial charge >= 0.3 is 0 Å². The van der Waals surface area contributed by atoms with E-state index in [-0.39, 0.29) is 17.9 Å². The third-order valence-corrected chi connectivity index (χ3v) is 4.41. The van der Waals surface area contributed by atoms with Crippen LogP contribution < -0.4 is 5.32 Å². The molecule has 2 aromatic rings. The minimum absolute atomic E-state index is 0.0113. The van der Waals surface area contributed by atoms with Crippen LogP contribution in [0.3, 0.4) is 0 Å². The number of aromatic nitrogens is 2. The van der Waals surface area contributed by atoms with Crippen molar-refractivity contribution in [1.29, 1.82) is 0 Å². The van der Waals surface area contributed by atoms with Crippen LogP contribution in [-0.2, 0) is 16.6 Å². The highest BCUT2D eigenvalue weighted by Crippen LogP contribution is 2.29. The Morgan fingerprint density at radius 2 is 2.17 bits per heavy atom. The molecule has 1 saturated heterocycles. The maximum atomic E-state index is 12.7. The van der Waals surface area contributed by atoms with Crippen molar-refractivity contribution in [2.45, 2.75) is 32.3 Å². The standard InChI is InChI=1S/C18H23N3O2/c1-3-15-14(10-7-11-23-15)18(22)20-17-16(19-12-21(17)2)13-8-5-4-6-9-13/h4-6,8-9,12,14-15H,3,7,10-11H2,1-2H3,(H,20,22)/t14-,15-/m1/s1. The number of carbonyl (C=O) groups is 1. The number of imidazole rings is 1. The molecule has 2 atom stereocenters. The van der Waals surface area contributed by atoms with Crippen molar-refractivity contribution < 1.29 is 9.53 Å². The number of hydrogen-bond acceptors (Lipinski definition) is 3. The molecule has 1 aliphatic rings. The van der Waals surface area contributed by atoms with E-state index in [0.29, 0.717) is 0 Å². The van der Waals surface area contributed by atoms with E-state index in [1.165, 1.54) is 0 Å². The van der Waals surface area contributed by atoms with E-state index in [0.717, 1.165) is 42.9 Å². The van der Waals surface area contributed by atoms with Crippen LogP contribution in [0, 0.1) is 5.92 Å². The Morgan fingerprint density at radius 1 is 1.39 bits per heavy atom. The first kappa shape index (κ1) is 15.7. The molecule has 2 heterocycles. The Morgan fingerprint density at radius 3 is 2.91 bits per heavy atom. The van der Waals surface area contributed by atoms with Gasteiger partial charge in [-0.1, -0.05) is 37.3 Å². The van der Waals surface area contributed by atoms with Gasteiger partial charge in [-0.05, 0) is 19.3 Å². The lowest BCUT2D eigenvalue weighted by Gasteiger charge is -2.30. The Bertz CT molecular complexity index is 666. The lowest BCUT2D eigenvalue weighted by atomic mass is 9.92. The zero-order valence-corrected chi connectivity index (χ0v) is 13.7. The van der Waals surface area contributed by atoms with E-state index in [1.807, 2.05) is 41.9 Å². The second-order valence-electron chi connectivity index (χ2n) is 5.97. The summed E-state index contributed by atoms with van der Waals surface area (Å²) in [6.45, 7) is 2.82. The van der Waals surface area contributed by atoms with Crippen LogP contribution >= 0.6 is 0 Å². The van der Waals surface area contributed by atoms with E-state index in [1.54, 1.807) is 6.33 Å². The van der Waals surface area contributed by atoms with Crippen LogP contribution in [0.15, 0.2) is 36.7 Å². The zero-order valence-electron chi connectivity index (χ0n) is 13.7. The molecule has 0 unspecified atom stereocenters. The van der Waals surface area contributed by atoms with E-state index < -0.39 is 0 Å². The van der Waals surface area contributed by atoms with Crippen molar-refractivity contribution in [2.75, 3.05) is 11.9 Å². The highest BCUT2D eigenvalue weighted by molar-refractivity contribution is 5.95. The van der Waals surface area contributed by atoms with Crippen LogP contribution in [0.25, 0.3) is 11.3 Å². The summed E-state index contributed by atoms with van der Waals surface area (Å²) in [6, 6.07) is 9.90. The maximum absolute atomic E-state index is 12.7. The molecule has 0 radical (unpaired) electrons. The summed E-state index contributed by atoms with van der Waals surface area (Å²) in [4.78, 5) is 17.2. The molecule has 0 aliphatic carbocycles. The van der Waals surface area contributed by atoms with Gasteiger partial charge in [0, 0.05) is 19.2 Å². The van der Waals surface area contributed by atoms with Crippen molar-refractivity contribution in [3.8, 4) is 11.3 Å². The third kappa shape index (κ3) is 3.29. The van der Waals surface area contributed by atoms with Gasteiger partial charge in [-0.25, -0.2) is 4.98 Å². The Balaban J connectivity index is 1.83. The number of anilines is 1. The molecule has 1 aromatic heterocycles. The summed E-state index contributed by atoms with van der Waals surface area (Å²) in [6.07, 6.45) is 4.41. The Kier molecular flexibility index (Phi) is 4.76. The van der Waals surface area contributed by atoms with Crippen LogP contribution in [0.2, 0.25) is 0 Å². The van der Waals surface area contributed by atoms with Crippen LogP contribution in [0.5, 0.6) is 0 Å². The molecule has 1 N–H and O–H groups in total. The summed E-state index contributed by atoms with van der Waals surface area (Å²) in [5.74, 6) is 0.672. The molecule has 122 valence electrons. The molecule has 1 aromatic carbocycles. The fourth-order valence-corrected chi connectivity index (χ4v) is 3.14. The lowest BCUT2D eigenvalue weighted by molar-refractivity contribution is -0.129. The van der Waals surface area contributed by atoms with Gasteiger partial charge in [-0.2, -0.15) is 0 Å². The number of aryl methyl sites for hydroxylation is 1. The number of rotatable bonds is 4. The lowest BCUT2D eigenvalue weighted by Crippen LogP contribution is -2.38. The van der Waals surface area contributed by atoms with Gasteiger partial charge in [0.15, 0.2) is 0 Å². The maximum Gasteiger partial charge on any atom is 0.231 e. The Hall–Kier alpha value is -2.14. The third-order valence-electron chi connectivity index (χ3n) is 4.41. The first-order valence-electron chi connectivity index (χ1n) is 8.20.